The van der Waals surface area contributed by atoms with E-state index in [1.54, 1.807) is 6.20 Å². The topological polar surface area (TPSA) is 87.7 Å². The minimum Gasteiger partial charge on any atom is -0.385 e. The summed E-state index contributed by atoms with van der Waals surface area (Å²) in [6.07, 6.45) is 6.42. The molecule has 0 spiro atoms. The van der Waals surface area contributed by atoms with E-state index in [0.29, 0.717) is 25.5 Å². The van der Waals surface area contributed by atoms with Crippen LogP contribution in [-0.2, 0) is 13.6 Å². The SMILES string of the molecule is Cc1cccc2nc(CNC(=O)N3CCC(C(O)c4nccn4C)CC3)cn12. The predicted molar refractivity (Wildman–Crippen MR) is 105 cm³/mol. The number of aliphatic hydroxyl groups is 1. The fourth-order valence-corrected chi connectivity index (χ4v) is 3.85. The summed E-state index contributed by atoms with van der Waals surface area (Å²) in [6.45, 7) is 3.68. The van der Waals surface area contributed by atoms with E-state index < -0.39 is 6.10 Å². The average Bonchev–Trinajstić information content (AvgIpc) is 3.32. The number of nitrogens with one attached hydrogen (secondary N) is 1. The van der Waals surface area contributed by atoms with Gasteiger partial charge in [-0.15, -0.1) is 0 Å². The quantitative estimate of drug-likeness (QED) is 0.723. The molecule has 1 aliphatic heterocycles. The third-order valence-electron chi connectivity index (χ3n) is 5.56. The minimum atomic E-state index is -0.591. The van der Waals surface area contributed by atoms with Crippen LogP contribution in [0.1, 0.15) is 36.2 Å². The Labute approximate surface area is 163 Å². The van der Waals surface area contributed by atoms with Crippen LogP contribution in [-0.4, -0.2) is 48.1 Å². The number of carbonyl (C=O) groups is 1. The Morgan fingerprint density at radius 3 is 2.82 bits per heavy atom. The molecule has 0 saturated carbocycles. The summed E-state index contributed by atoms with van der Waals surface area (Å²) in [6, 6.07) is 5.87. The number of likely N-dealkylation sites (tertiary alicyclic amines) is 1. The molecule has 1 atom stereocenters. The number of fused-ring (bicyclic) bond motifs is 1. The first-order valence-corrected chi connectivity index (χ1v) is 9.64. The van der Waals surface area contributed by atoms with Crippen molar-refractivity contribution in [2.45, 2.75) is 32.4 Å². The van der Waals surface area contributed by atoms with Crippen LogP contribution >= 0.6 is 0 Å². The smallest absolute Gasteiger partial charge is 0.317 e. The third kappa shape index (κ3) is 3.60. The molecule has 8 nitrogen and oxygen atoms in total. The Morgan fingerprint density at radius 1 is 1.36 bits per heavy atom. The van der Waals surface area contributed by atoms with Crippen LogP contribution in [0.15, 0.2) is 36.8 Å². The number of piperidine rings is 1. The van der Waals surface area contributed by atoms with Crippen molar-refractivity contribution in [3.63, 3.8) is 0 Å². The van der Waals surface area contributed by atoms with Gasteiger partial charge in [-0.2, -0.15) is 0 Å². The monoisotopic (exact) mass is 382 g/mol. The van der Waals surface area contributed by atoms with Crippen LogP contribution in [0.2, 0.25) is 0 Å². The number of aromatic nitrogens is 4. The lowest BCUT2D eigenvalue weighted by molar-refractivity contribution is 0.0584. The second-order valence-corrected chi connectivity index (χ2v) is 7.45. The first kappa shape index (κ1) is 18.5. The Hall–Kier alpha value is -2.87. The van der Waals surface area contributed by atoms with Crippen LogP contribution < -0.4 is 5.32 Å². The van der Waals surface area contributed by atoms with Gasteiger partial charge in [-0.05, 0) is 37.8 Å². The number of urea groups is 1. The van der Waals surface area contributed by atoms with E-state index in [-0.39, 0.29) is 11.9 Å². The molecule has 8 heteroatoms. The number of aryl methyl sites for hydroxylation is 2. The predicted octanol–water partition coefficient (Wildman–Crippen LogP) is 2.03. The maximum absolute atomic E-state index is 12.5. The largest absolute Gasteiger partial charge is 0.385 e. The molecule has 1 fully saturated rings. The molecule has 1 aliphatic rings. The van der Waals surface area contributed by atoms with Crippen molar-refractivity contribution in [1.82, 2.24) is 29.2 Å². The van der Waals surface area contributed by atoms with Crippen LogP contribution in [0, 0.1) is 12.8 Å². The van der Waals surface area contributed by atoms with E-state index in [4.69, 9.17) is 0 Å². The van der Waals surface area contributed by atoms with Crippen molar-refractivity contribution in [3.8, 4) is 0 Å². The number of hydrogen-bond acceptors (Lipinski definition) is 4. The lowest BCUT2D eigenvalue weighted by Crippen LogP contribution is -2.45. The summed E-state index contributed by atoms with van der Waals surface area (Å²) >= 11 is 0. The number of amides is 2. The van der Waals surface area contributed by atoms with Crippen LogP contribution in [0.3, 0.4) is 0 Å². The van der Waals surface area contributed by atoms with Gasteiger partial charge in [0.25, 0.3) is 0 Å². The second kappa shape index (κ2) is 7.63. The van der Waals surface area contributed by atoms with Gasteiger partial charge in [0.1, 0.15) is 17.6 Å². The summed E-state index contributed by atoms with van der Waals surface area (Å²) in [5.74, 6) is 0.802. The van der Waals surface area contributed by atoms with Crippen LogP contribution in [0.4, 0.5) is 4.79 Å². The van der Waals surface area contributed by atoms with Crippen LogP contribution in [0.5, 0.6) is 0 Å². The van der Waals surface area contributed by atoms with E-state index in [2.05, 4.69) is 15.3 Å². The fourth-order valence-electron chi connectivity index (χ4n) is 3.85. The van der Waals surface area contributed by atoms with Gasteiger partial charge in [-0.1, -0.05) is 6.07 Å². The van der Waals surface area contributed by atoms with Gasteiger partial charge in [0.05, 0.1) is 12.2 Å². The Balaban J connectivity index is 1.30. The first-order valence-electron chi connectivity index (χ1n) is 9.64. The highest BCUT2D eigenvalue weighted by Crippen LogP contribution is 2.29. The number of pyridine rings is 1. The van der Waals surface area contributed by atoms with E-state index in [0.717, 1.165) is 29.9 Å². The normalized spacial score (nSPS) is 16.5. The molecule has 0 aromatic carbocycles. The van der Waals surface area contributed by atoms with Crippen molar-refractivity contribution in [2.75, 3.05) is 13.1 Å². The standard InChI is InChI=1S/C20H26N6O2/c1-14-4-3-5-17-23-16(13-26(14)17)12-22-20(28)25-9-6-15(7-10-25)18(27)19-21-8-11-24(19)2/h3-5,8,11,13,15,18,27H,6-7,9-10,12H2,1-2H3,(H,22,28). The maximum atomic E-state index is 12.5. The molecule has 2 N–H and O–H groups in total. The first-order chi connectivity index (χ1) is 13.5. The van der Waals surface area contributed by atoms with Gasteiger partial charge in [0.15, 0.2) is 0 Å². The number of carbonyl (C=O) groups excluding carboxylic acids is 1. The zero-order valence-electron chi connectivity index (χ0n) is 16.2. The molecule has 1 unspecified atom stereocenters. The third-order valence-corrected chi connectivity index (χ3v) is 5.56. The number of aliphatic hydroxyl groups excluding tert-OH is 1. The van der Waals surface area contributed by atoms with Gasteiger partial charge in [-0.3, -0.25) is 0 Å². The molecule has 4 rings (SSSR count). The maximum Gasteiger partial charge on any atom is 0.317 e. The molecule has 2 amide bonds. The van der Waals surface area contributed by atoms with Crippen molar-refractivity contribution >= 4 is 11.7 Å². The summed E-state index contributed by atoms with van der Waals surface area (Å²) in [5.41, 5.74) is 2.83. The number of hydrogen-bond donors (Lipinski definition) is 2. The molecular formula is C20H26N6O2. The molecular weight excluding hydrogens is 356 g/mol. The summed E-state index contributed by atoms with van der Waals surface area (Å²) in [4.78, 5) is 23.1. The summed E-state index contributed by atoms with van der Waals surface area (Å²) in [7, 11) is 1.88. The number of rotatable bonds is 4. The van der Waals surface area contributed by atoms with Gasteiger partial charge in [0.2, 0.25) is 0 Å². The molecule has 4 heterocycles. The summed E-state index contributed by atoms with van der Waals surface area (Å²) in [5, 5.41) is 13.5. The van der Waals surface area contributed by atoms with Gasteiger partial charge in [-0.25, -0.2) is 14.8 Å². The average molecular weight is 382 g/mol. The lowest BCUT2D eigenvalue weighted by Gasteiger charge is -2.34. The zero-order chi connectivity index (χ0) is 19.7. The fraction of sp³-hybridized carbons (Fsp3) is 0.450. The molecule has 0 radical (unpaired) electrons. The highest BCUT2D eigenvalue weighted by molar-refractivity contribution is 5.74. The van der Waals surface area contributed by atoms with Crippen molar-refractivity contribution in [1.29, 1.82) is 0 Å². The molecule has 0 bridgehead atoms. The van der Waals surface area contributed by atoms with Gasteiger partial charge < -0.3 is 24.3 Å². The molecule has 3 aromatic rings. The molecule has 148 valence electrons. The van der Waals surface area contributed by atoms with Crippen LogP contribution in [0.25, 0.3) is 5.65 Å². The van der Waals surface area contributed by atoms with Gasteiger partial charge in [0, 0.05) is 44.4 Å². The number of imidazole rings is 2. The number of nitrogens with zero attached hydrogens (tertiary/aromatic N) is 5. The van der Waals surface area contributed by atoms with Crippen molar-refractivity contribution in [2.24, 2.45) is 13.0 Å². The zero-order valence-corrected chi connectivity index (χ0v) is 16.2. The molecule has 1 saturated heterocycles. The lowest BCUT2D eigenvalue weighted by atomic mass is 9.91. The second-order valence-electron chi connectivity index (χ2n) is 7.45. The highest BCUT2D eigenvalue weighted by Gasteiger charge is 2.30. The summed E-state index contributed by atoms with van der Waals surface area (Å²) < 4.78 is 3.87. The molecule has 0 aliphatic carbocycles. The van der Waals surface area contributed by atoms with E-state index in [1.807, 2.05) is 58.4 Å². The van der Waals surface area contributed by atoms with E-state index >= 15 is 0 Å². The minimum absolute atomic E-state index is 0.0845. The Bertz CT molecular complexity index is 970. The highest BCUT2D eigenvalue weighted by atomic mass is 16.3. The molecule has 3 aromatic heterocycles. The van der Waals surface area contributed by atoms with Crippen molar-refractivity contribution < 1.29 is 9.90 Å². The molecule has 28 heavy (non-hydrogen) atoms. The Kier molecular flexibility index (Phi) is 5.04. The van der Waals surface area contributed by atoms with Crippen molar-refractivity contribution in [3.05, 3.63) is 54.0 Å². The van der Waals surface area contributed by atoms with E-state index in [9.17, 15) is 9.90 Å². The van der Waals surface area contributed by atoms with Gasteiger partial charge >= 0.3 is 6.03 Å². The Morgan fingerprint density at radius 2 is 2.14 bits per heavy atom. The van der Waals surface area contributed by atoms with E-state index in [1.165, 1.54) is 0 Å².